The van der Waals surface area contributed by atoms with Crippen LogP contribution in [0, 0.1) is 0 Å². The van der Waals surface area contributed by atoms with Gasteiger partial charge in [0.1, 0.15) is 9.52 Å². The molecular formula is C6H12OSi. The van der Waals surface area contributed by atoms with Gasteiger partial charge >= 0.3 is 0 Å². The van der Waals surface area contributed by atoms with Gasteiger partial charge < -0.3 is 4.74 Å². The molecule has 2 heteroatoms. The van der Waals surface area contributed by atoms with Gasteiger partial charge in [0.05, 0.1) is 0 Å². The van der Waals surface area contributed by atoms with Crippen LogP contribution in [0.4, 0.5) is 0 Å². The van der Waals surface area contributed by atoms with Crippen molar-refractivity contribution in [3.8, 4) is 0 Å². The van der Waals surface area contributed by atoms with Gasteiger partial charge in [-0.3, -0.25) is 0 Å². The smallest absolute Gasteiger partial charge is 0.108 e. The lowest BCUT2D eigenvalue weighted by molar-refractivity contribution is 0.162. The van der Waals surface area contributed by atoms with E-state index in [1.54, 1.807) is 7.11 Å². The summed E-state index contributed by atoms with van der Waals surface area (Å²) in [5.41, 5.74) is 2.32. The third kappa shape index (κ3) is 2.99. The first kappa shape index (κ1) is 7.92. The molecule has 0 aromatic carbocycles. The molecule has 0 saturated heterocycles. The first-order chi connectivity index (χ1) is 3.85. The van der Waals surface area contributed by atoms with E-state index in [9.17, 15) is 0 Å². The lowest BCUT2D eigenvalue weighted by atomic mass is 10.5. The molecule has 0 aliphatic heterocycles. The van der Waals surface area contributed by atoms with Crippen molar-refractivity contribution in [1.29, 1.82) is 0 Å². The van der Waals surface area contributed by atoms with Gasteiger partial charge in [-0.05, 0) is 6.42 Å². The molecule has 1 nitrogen and oxygen atoms in total. The molecule has 0 aromatic rings. The highest BCUT2D eigenvalue weighted by atomic mass is 28.2. The van der Waals surface area contributed by atoms with Crippen LogP contribution in [0.25, 0.3) is 0 Å². The van der Waals surface area contributed by atoms with E-state index in [0.29, 0.717) is 5.73 Å². The van der Waals surface area contributed by atoms with Crippen LogP contribution in [0.15, 0.2) is 12.3 Å². The highest BCUT2D eigenvalue weighted by Gasteiger charge is 1.99. The zero-order chi connectivity index (χ0) is 6.41. The topological polar surface area (TPSA) is 9.23 Å². The van der Waals surface area contributed by atoms with Crippen LogP contribution >= 0.6 is 0 Å². The Hall–Kier alpha value is -0.0831. The zero-order valence-corrected chi connectivity index (χ0v) is 6.48. The van der Waals surface area contributed by atoms with E-state index in [2.05, 4.69) is 13.5 Å². The Morgan fingerprint density at radius 3 is 2.62 bits per heavy atom. The largest absolute Gasteiger partial charge is 0.385 e. The van der Waals surface area contributed by atoms with E-state index in [1.165, 1.54) is 0 Å². The maximum Gasteiger partial charge on any atom is 0.108 e. The highest BCUT2D eigenvalue weighted by molar-refractivity contribution is 6.43. The second-order valence-electron chi connectivity index (χ2n) is 1.50. The second-order valence-corrected chi connectivity index (χ2v) is 2.89. The summed E-state index contributed by atoms with van der Waals surface area (Å²) in [5.74, 6) is 0. The van der Waals surface area contributed by atoms with E-state index in [4.69, 9.17) is 4.74 Å². The summed E-state index contributed by atoms with van der Waals surface area (Å²) in [4.78, 5) is 0. The Bertz CT molecular complexity index is 59.5. The van der Waals surface area contributed by atoms with Crippen LogP contribution in [-0.2, 0) is 4.74 Å². The van der Waals surface area contributed by atoms with E-state index in [0.717, 1.165) is 15.9 Å². The summed E-state index contributed by atoms with van der Waals surface area (Å²) < 4.78 is 5.08. The van der Waals surface area contributed by atoms with Crippen LogP contribution in [0.3, 0.4) is 0 Å². The minimum absolute atomic E-state index is 0.410. The molecular weight excluding hydrogens is 116 g/mol. The lowest BCUT2D eigenvalue weighted by Crippen LogP contribution is -2.15. The molecule has 1 atom stereocenters. The molecule has 0 amide bonds. The summed E-state index contributed by atoms with van der Waals surface area (Å²) in [5, 5.41) is 0. The fourth-order valence-corrected chi connectivity index (χ4v) is 1.12. The summed E-state index contributed by atoms with van der Waals surface area (Å²) in [6.45, 7) is 5.74. The average molecular weight is 128 g/mol. The van der Waals surface area contributed by atoms with Gasteiger partial charge in [-0.25, -0.2) is 0 Å². The van der Waals surface area contributed by atoms with Gasteiger partial charge in [-0.2, -0.15) is 0 Å². The van der Waals surface area contributed by atoms with Crippen molar-refractivity contribution in [2.24, 2.45) is 0 Å². The SMILES string of the molecule is C=C[Si]C(CC)OC. The van der Waals surface area contributed by atoms with Crippen LogP contribution in [0.1, 0.15) is 13.3 Å². The van der Waals surface area contributed by atoms with Crippen LogP contribution in [0.5, 0.6) is 0 Å². The van der Waals surface area contributed by atoms with Gasteiger partial charge in [0.15, 0.2) is 0 Å². The van der Waals surface area contributed by atoms with Crippen molar-refractivity contribution in [2.45, 2.75) is 19.1 Å². The van der Waals surface area contributed by atoms with Crippen molar-refractivity contribution in [1.82, 2.24) is 0 Å². The van der Waals surface area contributed by atoms with Crippen LogP contribution < -0.4 is 0 Å². The van der Waals surface area contributed by atoms with Crippen molar-refractivity contribution in [2.75, 3.05) is 7.11 Å². The van der Waals surface area contributed by atoms with Gasteiger partial charge in [-0.15, -0.1) is 12.3 Å². The fourth-order valence-electron chi connectivity index (χ4n) is 0.484. The molecule has 46 valence electrons. The molecule has 0 heterocycles. The lowest BCUT2D eigenvalue weighted by Gasteiger charge is -2.06. The first-order valence-electron chi connectivity index (χ1n) is 2.74. The highest BCUT2D eigenvalue weighted by Crippen LogP contribution is 1.91. The average Bonchev–Trinajstić information content (AvgIpc) is 1.83. The Labute approximate surface area is 53.6 Å². The maximum absolute atomic E-state index is 5.08. The van der Waals surface area contributed by atoms with Crippen molar-refractivity contribution < 1.29 is 4.74 Å². The molecule has 0 aromatic heterocycles. The summed E-state index contributed by atoms with van der Waals surface area (Å²) >= 11 is 0. The molecule has 0 N–H and O–H groups in total. The van der Waals surface area contributed by atoms with E-state index in [1.807, 2.05) is 5.70 Å². The Balaban J connectivity index is 3.20. The standard InChI is InChI=1S/C6H12OSi/c1-4-6(7-3)8-5-2/h5-6H,2,4H2,1,3H3. The predicted octanol–water partition coefficient (Wildman–Crippen LogP) is 1.22. The first-order valence-corrected chi connectivity index (χ1v) is 3.90. The van der Waals surface area contributed by atoms with E-state index < -0.39 is 0 Å². The van der Waals surface area contributed by atoms with E-state index >= 15 is 0 Å². The molecule has 0 saturated carbocycles. The normalized spacial score (nSPS) is 13.2. The zero-order valence-electron chi connectivity index (χ0n) is 5.48. The fraction of sp³-hybridized carbons (Fsp3) is 0.667. The number of ether oxygens (including phenoxy) is 1. The molecule has 1 unspecified atom stereocenters. The molecule has 0 aliphatic carbocycles. The van der Waals surface area contributed by atoms with Crippen molar-refractivity contribution in [3.05, 3.63) is 12.3 Å². The predicted molar refractivity (Wildman–Crippen MR) is 37.0 cm³/mol. The molecule has 0 fully saturated rings. The molecule has 8 heavy (non-hydrogen) atoms. The third-order valence-corrected chi connectivity index (χ3v) is 2.21. The Kier molecular flexibility index (Phi) is 5.01. The minimum atomic E-state index is 0.410. The van der Waals surface area contributed by atoms with E-state index in [-0.39, 0.29) is 0 Å². The maximum atomic E-state index is 5.08. The molecule has 2 radical (unpaired) electrons. The van der Waals surface area contributed by atoms with Crippen molar-refractivity contribution >= 4 is 9.52 Å². The van der Waals surface area contributed by atoms with Gasteiger partial charge in [0.25, 0.3) is 0 Å². The minimum Gasteiger partial charge on any atom is -0.385 e. The van der Waals surface area contributed by atoms with Crippen LogP contribution in [-0.4, -0.2) is 22.4 Å². The molecule has 0 rings (SSSR count). The Morgan fingerprint density at radius 2 is 2.50 bits per heavy atom. The number of hydrogen-bond donors (Lipinski definition) is 0. The number of methoxy groups -OCH3 is 1. The summed E-state index contributed by atoms with van der Waals surface area (Å²) in [6.07, 6.45) is 1.08. The molecule has 0 bridgehead atoms. The quantitative estimate of drug-likeness (QED) is 0.517. The summed E-state index contributed by atoms with van der Waals surface area (Å²) in [7, 11) is 2.49. The summed E-state index contributed by atoms with van der Waals surface area (Å²) in [6, 6.07) is 0. The van der Waals surface area contributed by atoms with Crippen LogP contribution in [0.2, 0.25) is 0 Å². The van der Waals surface area contributed by atoms with Gasteiger partial charge in [-0.1, -0.05) is 6.92 Å². The second kappa shape index (κ2) is 5.06. The van der Waals surface area contributed by atoms with Gasteiger partial charge in [0, 0.05) is 12.8 Å². The Morgan fingerprint density at radius 1 is 1.88 bits per heavy atom. The third-order valence-electron chi connectivity index (χ3n) is 0.959. The van der Waals surface area contributed by atoms with Gasteiger partial charge in [0.2, 0.25) is 0 Å². The van der Waals surface area contributed by atoms with Crippen molar-refractivity contribution in [3.63, 3.8) is 0 Å². The monoisotopic (exact) mass is 128 g/mol. The molecule has 0 spiro atoms. The number of hydrogen-bond acceptors (Lipinski definition) is 1. The molecule has 0 aliphatic rings. The number of rotatable bonds is 4.